The summed E-state index contributed by atoms with van der Waals surface area (Å²) in [5, 5.41) is 4.23. The topological polar surface area (TPSA) is 68.9 Å². The molecule has 1 amide bonds. The standard InChI is InChI=1S/C18H19N3OS2/c1-11-5-6-13(8-12(11)2)14-9-24-18-16(14)17(20-10-21-18)23-7-3-4-15(19)22/h5-6,8-10H,3-4,7H2,1-2H3,(H2,19,22). The van der Waals surface area contributed by atoms with E-state index in [9.17, 15) is 4.79 Å². The molecule has 0 aliphatic rings. The van der Waals surface area contributed by atoms with Crippen molar-refractivity contribution in [2.45, 2.75) is 31.7 Å². The van der Waals surface area contributed by atoms with Crippen LogP contribution in [-0.2, 0) is 4.79 Å². The van der Waals surface area contributed by atoms with Gasteiger partial charge in [-0.05, 0) is 37.0 Å². The molecule has 2 heterocycles. The molecule has 0 unspecified atom stereocenters. The summed E-state index contributed by atoms with van der Waals surface area (Å²) in [5.74, 6) is 0.562. The molecule has 2 N–H and O–H groups in total. The molecule has 1 aromatic carbocycles. The van der Waals surface area contributed by atoms with Crippen LogP contribution in [0.1, 0.15) is 24.0 Å². The van der Waals surface area contributed by atoms with Crippen molar-refractivity contribution in [3.63, 3.8) is 0 Å². The lowest BCUT2D eigenvalue weighted by molar-refractivity contribution is -0.118. The van der Waals surface area contributed by atoms with Gasteiger partial charge in [-0.2, -0.15) is 0 Å². The number of rotatable bonds is 6. The first-order chi connectivity index (χ1) is 11.6. The summed E-state index contributed by atoms with van der Waals surface area (Å²) >= 11 is 3.30. The first-order valence-corrected chi connectivity index (χ1v) is 9.63. The van der Waals surface area contributed by atoms with Crippen LogP contribution in [0.5, 0.6) is 0 Å². The largest absolute Gasteiger partial charge is 0.370 e. The number of thiophene rings is 1. The van der Waals surface area contributed by atoms with Crippen LogP contribution < -0.4 is 5.73 Å². The smallest absolute Gasteiger partial charge is 0.217 e. The van der Waals surface area contributed by atoms with Gasteiger partial charge in [0.05, 0.1) is 5.39 Å². The van der Waals surface area contributed by atoms with Gasteiger partial charge < -0.3 is 5.73 Å². The van der Waals surface area contributed by atoms with Crippen molar-refractivity contribution >= 4 is 39.2 Å². The minimum atomic E-state index is -0.255. The molecule has 0 radical (unpaired) electrons. The molecule has 0 atom stereocenters. The van der Waals surface area contributed by atoms with E-state index in [1.54, 1.807) is 29.4 Å². The third kappa shape index (κ3) is 3.60. The van der Waals surface area contributed by atoms with Gasteiger partial charge in [0.2, 0.25) is 5.91 Å². The fourth-order valence-corrected chi connectivity index (χ4v) is 4.43. The average Bonchev–Trinajstić information content (AvgIpc) is 2.99. The van der Waals surface area contributed by atoms with Gasteiger partial charge >= 0.3 is 0 Å². The van der Waals surface area contributed by atoms with E-state index in [2.05, 4.69) is 47.4 Å². The van der Waals surface area contributed by atoms with Gasteiger partial charge in [-0.3, -0.25) is 4.79 Å². The van der Waals surface area contributed by atoms with Crippen molar-refractivity contribution in [2.75, 3.05) is 5.75 Å². The SMILES string of the molecule is Cc1ccc(-c2csc3ncnc(SCCCC(N)=O)c23)cc1C. The summed E-state index contributed by atoms with van der Waals surface area (Å²) in [6.07, 6.45) is 2.78. The number of carbonyl (C=O) groups is 1. The van der Waals surface area contributed by atoms with Crippen molar-refractivity contribution in [2.24, 2.45) is 5.73 Å². The number of thioether (sulfide) groups is 1. The molecule has 24 heavy (non-hydrogen) atoms. The molecule has 3 rings (SSSR count). The summed E-state index contributed by atoms with van der Waals surface area (Å²) in [6, 6.07) is 6.52. The highest BCUT2D eigenvalue weighted by Crippen LogP contribution is 2.38. The lowest BCUT2D eigenvalue weighted by Crippen LogP contribution is -2.10. The van der Waals surface area contributed by atoms with Crippen molar-refractivity contribution in [1.82, 2.24) is 9.97 Å². The van der Waals surface area contributed by atoms with E-state index in [1.807, 2.05) is 0 Å². The molecule has 0 aliphatic carbocycles. The van der Waals surface area contributed by atoms with Gasteiger partial charge in [0.1, 0.15) is 16.2 Å². The molecular formula is C18H19N3OS2. The van der Waals surface area contributed by atoms with Crippen molar-refractivity contribution in [1.29, 1.82) is 0 Å². The number of aromatic nitrogens is 2. The van der Waals surface area contributed by atoms with E-state index in [0.29, 0.717) is 6.42 Å². The third-order valence-corrected chi connectivity index (χ3v) is 5.92. The molecular weight excluding hydrogens is 338 g/mol. The third-order valence-electron chi connectivity index (χ3n) is 3.96. The zero-order valence-corrected chi connectivity index (χ0v) is 15.3. The molecule has 4 nitrogen and oxygen atoms in total. The van der Waals surface area contributed by atoms with Gasteiger partial charge in [0, 0.05) is 23.1 Å². The van der Waals surface area contributed by atoms with Crippen LogP contribution in [0.4, 0.5) is 0 Å². The number of hydrogen-bond donors (Lipinski definition) is 1. The Morgan fingerprint density at radius 3 is 2.83 bits per heavy atom. The van der Waals surface area contributed by atoms with E-state index in [4.69, 9.17) is 5.73 Å². The van der Waals surface area contributed by atoms with Crippen LogP contribution in [-0.4, -0.2) is 21.6 Å². The first kappa shape index (κ1) is 16.9. The normalized spacial score (nSPS) is 11.1. The summed E-state index contributed by atoms with van der Waals surface area (Å²) in [4.78, 5) is 20.7. The van der Waals surface area contributed by atoms with Crippen LogP contribution in [0.3, 0.4) is 0 Å². The second-order valence-corrected chi connectivity index (χ2v) is 7.67. The monoisotopic (exact) mass is 357 g/mol. The summed E-state index contributed by atoms with van der Waals surface area (Å²) in [5.41, 5.74) is 10.1. The quantitative estimate of drug-likeness (QED) is 0.405. The number of hydrogen-bond acceptors (Lipinski definition) is 5. The molecule has 124 valence electrons. The molecule has 0 bridgehead atoms. The average molecular weight is 358 g/mol. The predicted octanol–water partition coefficient (Wildman–Crippen LogP) is 4.33. The Bertz CT molecular complexity index is 889. The Morgan fingerprint density at radius 2 is 2.08 bits per heavy atom. The molecule has 3 aromatic rings. The number of primary amides is 1. The fourth-order valence-electron chi connectivity index (χ4n) is 2.49. The summed E-state index contributed by atoms with van der Waals surface area (Å²) in [7, 11) is 0. The van der Waals surface area contributed by atoms with Gasteiger partial charge in [0.25, 0.3) is 0 Å². The Labute approximate surface area is 149 Å². The second kappa shape index (κ2) is 7.32. The van der Waals surface area contributed by atoms with Crippen molar-refractivity contribution in [3.8, 4) is 11.1 Å². The molecule has 0 spiro atoms. The number of fused-ring (bicyclic) bond motifs is 1. The Kier molecular flexibility index (Phi) is 5.16. The predicted molar refractivity (Wildman–Crippen MR) is 101 cm³/mol. The number of nitrogens with two attached hydrogens (primary N) is 1. The van der Waals surface area contributed by atoms with Crippen LogP contribution >= 0.6 is 23.1 Å². The van der Waals surface area contributed by atoms with E-state index in [0.717, 1.165) is 27.4 Å². The molecule has 0 saturated carbocycles. The van der Waals surface area contributed by atoms with Crippen LogP contribution in [0.25, 0.3) is 21.3 Å². The Hall–Kier alpha value is -1.92. The lowest BCUT2D eigenvalue weighted by atomic mass is 10.0. The Balaban J connectivity index is 1.94. The minimum absolute atomic E-state index is 0.255. The highest BCUT2D eigenvalue weighted by molar-refractivity contribution is 7.99. The second-order valence-electron chi connectivity index (χ2n) is 5.73. The summed E-state index contributed by atoms with van der Waals surface area (Å²) in [6.45, 7) is 4.25. The van der Waals surface area contributed by atoms with E-state index < -0.39 is 0 Å². The van der Waals surface area contributed by atoms with E-state index in [1.165, 1.54) is 22.3 Å². The molecule has 2 aromatic heterocycles. The van der Waals surface area contributed by atoms with Gasteiger partial charge in [-0.15, -0.1) is 23.1 Å². The number of carbonyl (C=O) groups excluding carboxylic acids is 1. The van der Waals surface area contributed by atoms with Gasteiger partial charge in [0.15, 0.2) is 0 Å². The number of nitrogens with zero attached hydrogens (tertiary/aromatic N) is 2. The highest BCUT2D eigenvalue weighted by atomic mass is 32.2. The Morgan fingerprint density at radius 1 is 1.25 bits per heavy atom. The van der Waals surface area contributed by atoms with Crippen molar-refractivity contribution in [3.05, 3.63) is 41.0 Å². The van der Waals surface area contributed by atoms with Crippen LogP contribution in [0, 0.1) is 13.8 Å². The van der Waals surface area contributed by atoms with Crippen LogP contribution in [0.15, 0.2) is 34.9 Å². The van der Waals surface area contributed by atoms with Crippen LogP contribution in [0.2, 0.25) is 0 Å². The highest BCUT2D eigenvalue weighted by Gasteiger charge is 2.14. The lowest BCUT2D eigenvalue weighted by Gasteiger charge is -2.07. The van der Waals surface area contributed by atoms with Gasteiger partial charge in [-0.25, -0.2) is 9.97 Å². The molecule has 6 heteroatoms. The maximum absolute atomic E-state index is 10.9. The fraction of sp³-hybridized carbons (Fsp3) is 0.278. The minimum Gasteiger partial charge on any atom is -0.370 e. The maximum atomic E-state index is 10.9. The van der Waals surface area contributed by atoms with E-state index >= 15 is 0 Å². The zero-order chi connectivity index (χ0) is 17.1. The summed E-state index contributed by atoms with van der Waals surface area (Å²) < 4.78 is 0. The zero-order valence-electron chi connectivity index (χ0n) is 13.7. The van der Waals surface area contributed by atoms with E-state index in [-0.39, 0.29) is 5.91 Å². The number of aryl methyl sites for hydroxylation is 2. The van der Waals surface area contributed by atoms with Gasteiger partial charge in [-0.1, -0.05) is 18.2 Å². The molecule has 0 aliphatic heterocycles. The number of benzene rings is 1. The number of amides is 1. The first-order valence-electron chi connectivity index (χ1n) is 7.77. The molecule has 0 fully saturated rings. The molecule has 0 saturated heterocycles. The maximum Gasteiger partial charge on any atom is 0.217 e. The van der Waals surface area contributed by atoms with Crippen molar-refractivity contribution < 1.29 is 4.79 Å².